The Labute approximate surface area is 131 Å². The maximum absolute atomic E-state index is 12.4. The number of hydrogen-bond donors (Lipinski definition) is 1. The van der Waals surface area contributed by atoms with Crippen molar-refractivity contribution in [2.75, 3.05) is 26.2 Å². The van der Waals surface area contributed by atoms with Crippen LogP contribution in [0.15, 0.2) is 24.3 Å². The standard InChI is InChI=1S/C17H23N3O2/c18-9-8-13-5-3-4-10-19(13)11-12-20-16(21)14-6-1-2-7-15(14)17(20)22/h1-2,6-7,13H,3-5,8-12,18H2. The number of piperidine rings is 1. The Bertz CT molecular complexity index is 536. The predicted molar refractivity (Wildman–Crippen MR) is 84.7 cm³/mol. The second-order valence-electron chi connectivity index (χ2n) is 6.07. The molecule has 0 spiro atoms. The molecule has 1 fully saturated rings. The molecule has 1 saturated heterocycles. The van der Waals surface area contributed by atoms with Crippen molar-refractivity contribution in [1.29, 1.82) is 0 Å². The first-order chi connectivity index (χ1) is 10.7. The molecular formula is C17H23N3O2. The molecule has 2 amide bonds. The van der Waals surface area contributed by atoms with Crippen molar-refractivity contribution >= 4 is 11.8 Å². The minimum atomic E-state index is -0.159. The van der Waals surface area contributed by atoms with Gasteiger partial charge in [-0.3, -0.25) is 19.4 Å². The van der Waals surface area contributed by atoms with Crippen LogP contribution in [-0.2, 0) is 0 Å². The summed E-state index contributed by atoms with van der Waals surface area (Å²) >= 11 is 0. The van der Waals surface area contributed by atoms with E-state index < -0.39 is 0 Å². The minimum Gasteiger partial charge on any atom is -0.330 e. The van der Waals surface area contributed by atoms with E-state index in [0.29, 0.717) is 30.3 Å². The summed E-state index contributed by atoms with van der Waals surface area (Å²) in [5, 5.41) is 0. The van der Waals surface area contributed by atoms with E-state index >= 15 is 0 Å². The molecule has 0 saturated carbocycles. The van der Waals surface area contributed by atoms with Crippen LogP contribution in [0, 0.1) is 0 Å². The topological polar surface area (TPSA) is 66.6 Å². The molecule has 0 radical (unpaired) electrons. The van der Waals surface area contributed by atoms with Gasteiger partial charge in [0.1, 0.15) is 0 Å². The number of rotatable bonds is 5. The third kappa shape index (κ3) is 2.78. The number of carbonyl (C=O) groups is 2. The first-order valence-electron chi connectivity index (χ1n) is 8.11. The van der Waals surface area contributed by atoms with Crippen LogP contribution in [0.3, 0.4) is 0 Å². The van der Waals surface area contributed by atoms with Crippen molar-refractivity contribution in [3.63, 3.8) is 0 Å². The summed E-state index contributed by atoms with van der Waals surface area (Å²) in [6.07, 6.45) is 4.58. The summed E-state index contributed by atoms with van der Waals surface area (Å²) in [6, 6.07) is 7.56. The van der Waals surface area contributed by atoms with Gasteiger partial charge in [-0.25, -0.2) is 0 Å². The Kier molecular flexibility index (Phi) is 4.55. The molecular weight excluding hydrogens is 278 g/mol. The lowest BCUT2D eigenvalue weighted by Crippen LogP contribution is -2.45. The van der Waals surface area contributed by atoms with Gasteiger partial charge in [0, 0.05) is 19.1 Å². The molecule has 2 N–H and O–H groups in total. The molecule has 118 valence electrons. The molecule has 2 aliphatic rings. The second kappa shape index (κ2) is 6.58. The van der Waals surface area contributed by atoms with Gasteiger partial charge in [-0.1, -0.05) is 18.6 Å². The molecule has 5 nitrogen and oxygen atoms in total. The average molecular weight is 301 g/mol. The zero-order valence-corrected chi connectivity index (χ0v) is 12.8. The highest BCUT2D eigenvalue weighted by Crippen LogP contribution is 2.23. The molecule has 0 aromatic heterocycles. The van der Waals surface area contributed by atoms with Crippen LogP contribution in [0.25, 0.3) is 0 Å². The molecule has 1 aromatic rings. The number of benzene rings is 1. The van der Waals surface area contributed by atoms with Gasteiger partial charge in [0.05, 0.1) is 11.1 Å². The van der Waals surface area contributed by atoms with Crippen LogP contribution in [0.1, 0.15) is 46.4 Å². The van der Waals surface area contributed by atoms with Crippen LogP contribution in [-0.4, -0.2) is 53.8 Å². The third-order valence-electron chi connectivity index (χ3n) is 4.74. The Morgan fingerprint density at radius 1 is 1.05 bits per heavy atom. The smallest absolute Gasteiger partial charge is 0.261 e. The van der Waals surface area contributed by atoms with Gasteiger partial charge >= 0.3 is 0 Å². The normalized spacial score (nSPS) is 22.2. The van der Waals surface area contributed by atoms with Gasteiger partial charge in [-0.2, -0.15) is 0 Å². The SMILES string of the molecule is NCCC1CCCCN1CCN1C(=O)c2ccccc2C1=O. The fourth-order valence-corrected chi connectivity index (χ4v) is 3.54. The summed E-state index contributed by atoms with van der Waals surface area (Å²) < 4.78 is 0. The number of imide groups is 1. The molecule has 1 unspecified atom stereocenters. The lowest BCUT2D eigenvalue weighted by atomic mass is 9.99. The Balaban J connectivity index is 1.65. The van der Waals surface area contributed by atoms with E-state index in [2.05, 4.69) is 4.90 Å². The molecule has 1 atom stereocenters. The van der Waals surface area contributed by atoms with Crippen molar-refractivity contribution in [3.05, 3.63) is 35.4 Å². The van der Waals surface area contributed by atoms with Gasteiger partial charge in [0.25, 0.3) is 11.8 Å². The first kappa shape index (κ1) is 15.2. The molecule has 2 aliphatic heterocycles. The Morgan fingerprint density at radius 2 is 1.73 bits per heavy atom. The van der Waals surface area contributed by atoms with Crippen molar-refractivity contribution < 1.29 is 9.59 Å². The van der Waals surface area contributed by atoms with Crippen LogP contribution in [0.2, 0.25) is 0 Å². The molecule has 1 aromatic carbocycles. The van der Waals surface area contributed by atoms with Crippen LogP contribution in [0.5, 0.6) is 0 Å². The zero-order valence-electron chi connectivity index (χ0n) is 12.8. The Morgan fingerprint density at radius 3 is 2.36 bits per heavy atom. The minimum absolute atomic E-state index is 0.159. The first-order valence-corrected chi connectivity index (χ1v) is 8.11. The number of fused-ring (bicyclic) bond motifs is 1. The summed E-state index contributed by atoms with van der Waals surface area (Å²) in [4.78, 5) is 28.5. The second-order valence-corrected chi connectivity index (χ2v) is 6.07. The average Bonchev–Trinajstić information content (AvgIpc) is 2.79. The van der Waals surface area contributed by atoms with Crippen LogP contribution in [0.4, 0.5) is 0 Å². The van der Waals surface area contributed by atoms with E-state index in [1.165, 1.54) is 24.2 Å². The number of likely N-dealkylation sites (tertiary alicyclic amines) is 1. The largest absolute Gasteiger partial charge is 0.330 e. The van der Waals surface area contributed by atoms with Gasteiger partial charge < -0.3 is 5.73 Å². The van der Waals surface area contributed by atoms with Gasteiger partial charge in [-0.15, -0.1) is 0 Å². The monoisotopic (exact) mass is 301 g/mol. The highest BCUT2D eigenvalue weighted by atomic mass is 16.2. The maximum atomic E-state index is 12.4. The fourth-order valence-electron chi connectivity index (χ4n) is 3.54. The molecule has 0 bridgehead atoms. The molecule has 3 rings (SSSR count). The summed E-state index contributed by atoms with van der Waals surface area (Å²) in [6.45, 7) is 2.94. The van der Waals surface area contributed by atoms with E-state index in [1.54, 1.807) is 24.3 Å². The van der Waals surface area contributed by atoms with Crippen molar-refractivity contribution in [3.8, 4) is 0 Å². The van der Waals surface area contributed by atoms with Crippen LogP contribution < -0.4 is 5.73 Å². The number of nitrogens with two attached hydrogens (primary N) is 1. The van der Waals surface area contributed by atoms with Crippen molar-refractivity contribution in [1.82, 2.24) is 9.80 Å². The van der Waals surface area contributed by atoms with Gasteiger partial charge in [0.2, 0.25) is 0 Å². The quantitative estimate of drug-likeness (QED) is 0.837. The zero-order chi connectivity index (χ0) is 15.5. The summed E-state index contributed by atoms with van der Waals surface area (Å²) in [5.74, 6) is -0.319. The van der Waals surface area contributed by atoms with E-state index in [9.17, 15) is 9.59 Å². The lowest BCUT2D eigenvalue weighted by molar-refractivity contribution is 0.0605. The van der Waals surface area contributed by atoms with Gasteiger partial charge in [0.15, 0.2) is 0 Å². The molecule has 0 aliphatic carbocycles. The van der Waals surface area contributed by atoms with Crippen molar-refractivity contribution in [2.45, 2.75) is 31.7 Å². The van der Waals surface area contributed by atoms with E-state index in [0.717, 1.165) is 19.5 Å². The molecule has 5 heteroatoms. The van der Waals surface area contributed by atoms with E-state index in [4.69, 9.17) is 5.73 Å². The van der Waals surface area contributed by atoms with E-state index in [-0.39, 0.29) is 11.8 Å². The highest BCUT2D eigenvalue weighted by Gasteiger charge is 2.35. The summed E-state index contributed by atoms with van der Waals surface area (Å²) in [5.41, 5.74) is 6.76. The maximum Gasteiger partial charge on any atom is 0.261 e. The summed E-state index contributed by atoms with van der Waals surface area (Å²) in [7, 11) is 0. The number of carbonyl (C=O) groups excluding carboxylic acids is 2. The number of amides is 2. The van der Waals surface area contributed by atoms with E-state index in [1.807, 2.05) is 0 Å². The molecule has 2 heterocycles. The predicted octanol–water partition coefficient (Wildman–Crippen LogP) is 1.49. The fraction of sp³-hybridized carbons (Fsp3) is 0.529. The van der Waals surface area contributed by atoms with Crippen molar-refractivity contribution in [2.24, 2.45) is 5.73 Å². The molecule has 22 heavy (non-hydrogen) atoms. The van der Waals surface area contributed by atoms with Crippen LogP contribution >= 0.6 is 0 Å². The number of nitrogens with zero attached hydrogens (tertiary/aromatic N) is 2. The highest BCUT2D eigenvalue weighted by molar-refractivity contribution is 6.21. The number of hydrogen-bond acceptors (Lipinski definition) is 4. The third-order valence-corrected chi connectivity index (χ3v) is 4.74. The van der Waals surface area contributed by atoms with Gasteiger partial charge in [-0.05, 0) is 44.5 Å². The lowest BCUT2D eigenvalue weighted by Gasteiger charge is -2.36. The Hall–Kier alpha value is -1.72.